The van der Waals surface area contributed by atoms with Crippen molar-refractivity contribution < 1.29 is 4.74 Å². The number of nitrogens with zero attached hydrogens (tertiary/aromatic N) is 1. The van der Waals surface area contributed by atoms with Crippen LogP contribution in [0.15, 0.2) is 12.3 Å². The van der Waals surface area contributed by atoms with Crippen LogP contribution in [0.5, 0.6) is 0 Å². The number of aromatic nitrogens is 1. The Morgan fingerprint density at radius 1 is 1.54 bits per heavy atom. The third-order valence-electron chi connectivity index (χ3n) is 2.49. The smallest absolute Gasteiger partial charge is 0.0870 e. The molecule has 2 heteroatoms. The molecule has 1 aliphatic rings. The largest absolute Gasteiger partial charge is 0.368 e. The van der Waals surface area contributed by atoms with E-state index in [9.17, 15) is 0 Å². The monoisotopic (exact) mass is 177 g/mol. The van der Waals surface area contributed by atoms with Crippen LogP contribution >= 0.6 is 0 Å². The molecule has 1 atom stereocenters. The molecule has 1 unspecified atom stereocenters. The molecule has 1 aromatic rings. The number of hydrogen-bond acceptors (Lipinski definition) is 2. The first-order valence-electron chi connectivity index (χ1n) is 4.75. The Morgan fingerprint density at radius 3 is 3.00 bits per heavy atom. The molecule has 0 amide bonds. The summed E-state index contributed by atoms with van der Waals surface area (Å²) in [7, 11) is 0. The normalized spacial score (nSPS) is 20.8. The van der Waals surface area contributed by atoms with Crippen LogP contribution in [-0.2, 0) is 11.3 Å². The van der Waals surface area contributed by atoms with Gasteiger partial charge in [-0.15, -0.1) is 0 Å². The summed E-state index contributed by atoms with van der Waals surface area (Å²) in [6, 6.07) is 2.12. The predicted molar refractivity (Wildman–Crippen MR) is 51.3 cm³/mol. The third kappa shape index (κ3) is 1.46. The zero-order chi connectivity index (χ0) is 9.42. The second-order valence-corrected chi connectivity index (χ2v) is 4.00. The Balaban J connectivity index is 2.38. The van der Waals surface area contributed by atoms with Crippen molar-refractivity contribution in [2.75, 3.05) is 0 Å². The van der Waals surface area contributed by atoms with E-state index in [2.05, 4.69) is 24.9 Å². The highest BCUT2D eigenvalue weighted by Gasteiger charge is 2.25. The highest BCUT2D eigenvalue weighted by atomic mass is 16.5. The lowest BCUT2D eigenvalue weighted by molar-refractivity contribution is 0.0340. The summed E-state index contributed by atoms with van der Waals surface area (Å²) in [4.78, 5) is 4.30. The highest BCUT2D eigenvalue weighted by Crippen LogP contribution is 2.35. The number of pyridine rings is 1. The van der Waals surface area contributed by atoms with Crippen molar-refractivity contribution in [3.8, 4) is 0 Å². The van der Waals surface area contributed by atoms with Gasteiger partial charge in [-0.25, -0.2) is 0 Å². The molecule has 2 heterocycles. The zero-order valence-electron chi connectivity index (χ0n) is 8.37. The van der Waals surface area contributed by atoms with Gasteiger partial charge in [-0.1, -0.05) is 13.8 Å². The van der Waals surface area contributed by atoms with Crippen molar-refractivity contribution in [3.05, 3.63) is 29.1 Å². The molecule has 13 heavy (non-hydrogen) atoms. The molecule has 0 spiro atoms. The molecule has 0 saturated heterocycles. The molecule has 0 N–H and O–H groups in total. The second kappa shape index (κ2) is 3.11. The van der Waals surface area contributed by atoms with Gasteiger partial charge in [-0.05, 0) is 24.5 Å². The maximum atomic E-state index is 5.70. The van der Waals surface area contributed by atoms with Gasteiger partial charge in [0.1, 0.15) is 0 Å². The minimum atomic E-state index is 0.253. The SMILES string of the molecule is Cc1cc2c(cn1)C(C(C)C)OC2. The highest BCUT2D eigenvalue weighted by molar-refractivity contribution is 5.30. The van der Waals surface area contributed by atoms with E-state index in [4.69, 9.17) is 4.74 Å². The molecule has 0 radical (unpaired) electrons. The summed E-state index contributed by atoms with van der Waals surface area (Å²) in [5, 5.41) is 0. The van der Waals surface area contributed by atoms with Crippen LogP contribution in [0.2, 0.25) is 0 Å². The van der Waals surface area contributed by atoms with Gasteiger partial charge >= 0.3 is 0 Å². The Morgan fingerprint density at radius 2 is 2.31 bits per heavy atom. The van der Waals surface area contributed by atoms with Crippen LogP contribution in [-0.4, -0.2) is 4.98 Å². The third-order valence-corrected chi connectivity index (χ3v) is 2.49. The summed E-state index contributed by atoms with van der Waals surface area (Å²) in [5.74, 6) is 0.533. The zero-order valence-corrected chi connectivity index (χ0v) is 8.37. The van der Waals surface area contributed by atoms with Gasteiger partial charge in [0.25, 0.3) is 0 Å². The molecule has 0 aliphatic carbocycles. The van der Waals surface area contributed by atoms with E-state index >= 15 is 0 Å². The topological polar surface area (TPSA) is 22.1 Å². The second-order valence-electron chi connectivity index (χ2n) is 4.00. The Labute approximate surface area is 78.9 Å². The van der Waals surface area contributed by atoms with E-state index in [0.717, 1.165) is 12.3 Å². The summed E-state index contributed by atoms with van der Waals surface area (Å²) in [6.07, 6.45) is 2.21. The van der Waals surface area contributed by atoms with E-state index in [0.29, 0.717) is 5.92 Å². The van der Waals surface area contributed by atoms with Crippen molar-refractivity contribution >= 4 is 0 Å². The van der Waals surface area contributed by atoms with Gasteiger partial charge in [0, 0.05) is 17.5 Å². The van der Waals surface area contributed by atoms with Crippen molar-refractivity contribution in [1.82, 2.24) is 4.98 Å². The Hall–Kier alpha value is -0.890. The minimum absolute atomic E-state index is 0.253. The Bertz CT molecular complexity index is 320. The first-order chi connectivity index (χ1) is 6.18. The fourth-order valence-corrected chi connectivity index (χ4v) is 1.83. The lowest BCUT2D eigenvalue weighted by atomic mass is 9.99. The first kappa shape index (κ1) is 8.70. The molecule has 0 bridgehead atoms. The van der Waals surface area contributed by atoms with Crippen LogP contribution in [0.25, 0.3) is 0 Å². The van der Waals surface area contributed by atoms with Gasteiger partial charge in [-0.3, -0.25) is 4.98 Å². The molecule has 0 fully saturated rings. The van der Waals surface area contributed by atoms with E-state index in [1.807, 2.05) is 13.1 Å². The fraction of sp³-hybridized carbons (Fsp3) is 0.545. The number of fused-ring (bicyclic) bond motifs is 1. The summed E-state index contributed by atoms with van der Waals surface area (Å²) in [6.45, 7) is 7.13. The van der Waals surface area contributed by atoms with E-state index in [1.165, 1.54) is 11.1 Å². The molecule has 0 saturated carbocycles. The lowest BCUT2D eigenvalue weighted by Gasteiger charge is -2.14. The molecule has 1 aromatic heterocycles. The molecule has 1 aliphatic heterocycles. The summed E-state index contributed by atoms with van der Waals surface area (Å²) in [5.41, 5.74) is 3.67. The quantitative estimate of drug-likeness (QED) is 0.657. The van der Waals surface area contributed by atoms with Crippen LogP contribution in [0, 0.1) is 12.8 Å². The average molecular weight is 177 g/mol. The number of aryl methyl sites for hydroxylation is 1. The lowest BCUT2D eigenvalue weighted by Crippen LogP contribution is -2.04. The number of rotatable bonds is 1. The maximum absolute atomic E-state index is 5.70. The van der Waals surface area contributed by atoms with E-state index < -0.39 is 0 Å². The minimum Gasteiger partial charge on any atom is -0.368 e. The van der Waals surface area contributed by atoms with E-state index in [-0.39, 0.29) is 6.10 Å². The molecule has 2 rings (SSSR count). The van der Waals surface area contributed by atoms with Crippen LogP contribution < -0.4 is 0 Å². The molecule has 70 valence electrons. The predicted octanol–water partition coefficient (Wildman–Crippen LogP) is 2.62. The standard InChI is InChI=1S/C11H15NO/c1-7(2)11-10-5-12-8(3)4-9(10)6-13-11/h4-5,7,11H,6H2,1-3H3. The molecular formula is C11H15NO. The fourth-order valence-electron chi connectivity index (χ4n) is 1.83. The molecule has 0 aromatic carbocycles. The van der Waals surface area contributed by atoms with Gasteiger partial charge in [0.2, 0.25) is 0 Å². The van der Waals surface area contributed by atoms with Gasteiger partial charge in [0.15, 0.2) is 0 Å². The first-order valence-corrected chi connectivity index (χ1v) is 4.75. The maximum Gasteiger partial charge on any atom is 0.0870 e. The number of ether oxygens (including phenoxy) is 1. The van der Waals surface area contributed by atoms with Crippen molar-refractivity contribution in [3.63, 3.8) is 0 Å². The van der Waals surface area contributed by atoms with Crippen LogP contribution in [0.3, 0.4) is 0 Å². The van der Waals surface area contributed by atoms with Crippen LogP contribution in [0.1, 0.15) is 36.8 Å². The van der Waals surface area contributed by atoms with Gasteiger partial charge < -0.3 is 4.74 Å². The summed E-state index contributed by atoms with van der Waals surface area (Å²) < 4.78 is 5.70. The van der Waals surface area contributed by atoms with Crippen molar-refractivity contribution in [1.29, 1.82) is 0 Å². The van der Waals surface area contributed by atoms with E-state index in [1.54, 1.807) is 0 Å². The molecule has 2 nitrogen and oxygen atoms in total. The molecular weight excluding hydrogens is 162 g/mol. The Kier molecular flexibility index (Phi) is 2.08. The van der Waals surface area contributed by atoms with Crippen molar-refractivity contribution in [2.24, 2.45) is 5.92 Å². The van der Waals surface area contributed by atoms with Crippen LogP contribution in [0.4, 0.5) is 0 Å². The average Bonchev–Trinajstić information content (AvgIpc) is 2.46. The van der Waals surface area contributed by atoms with Gasteiger partial charge in [0.05, 0.1) is 12.7 Å². The summed E-state index contributed by atoms with van der Waals surface area (Å²) >= 11 is 0. The van der Waals surface area contributed by atoms with Crippen molar-refractivity contribution in [2.45, 2.75) is 33.5 Å². The number of hydrogen-bond donors (Lipinski definition) is 0. The van der Waals surface area contributed by atoms with Gasteiger partial charge in [-0.2, -0.15) is 0 Å².